The van der Waals surface area contributed by atoms with Gasteiger partial charge in [-0.1, -0.05) is 18.2 Å². The normalized spacial score (nSPS) is 11.4. The Balaban J connectivity index is 2.33. The van der Waals surface area contributed by atoms with E-state index in [0.717, 1.165) is 0 Å². The van der Waals surface area contributed by atoms with Crippen molar-refractivity contribution in [1.29, 1.82) is 0 Å². The number of sulfonamides is 1. The summed E-state index contributed by atoms with van der Waals surface area (Å²) in [5.74, 6) is 0. The van der Waals surface area contributed by atoms with Gasteiger partial charge in [-0.15, -0.1) is 0 Å². The quantitative estimate of drug-likeness (QED) is 0.747. The lowest BCUT2D eigenvalue weighted by Crippen LogP contribution is -2.13. The van der Waals surface area contributed by atoms with E-state index < -0.39 is 10.0 Å². The van der Waals surface area contributed by atoms with Crippen LogP contribution in [0.15, 0.2) is 41.6 Å². The van der Waals surface area contributed by atoms with Crippen LogP contribution in [0.25, 0.3) is 0 Å². The zero-order valence-electron chi connectivity index (χ0n) is 8.79. The van der Waals surface area contributed by atoms with Gasteiger partial charge in [0.15, 0.2) is 0 Å². The van der Waals surface area contributed by atoms with Crippen molar-refractivity contribution >= 4 is 15.7 Å². The number of aromatic nitrogens is 2. The molecule has 17 heavy (non-hydrogen) atoms. The summed E-state index contributed by atoms with van der Waals surface area (Å²) in [6.07, 6.45) is 2.49. The van der Waals surface area contributed by atoms with E-state index in [-0.39, 0.29) is 11.5 Å². The fourth-order valence-electron chi connectivity index (χ4n) is 1.35. The van der Waals surface area contributed by atoms with Crippen LogP contribution in [0, 0.1) is 0 Å². The van der Waals surface area contributed by atoms with Gasteiger partial charge in [0.05, 0.1) is 18.5 Å². The van der Waals surface area contributed by atoms with E-state index in [2.05, 4.69) is 14.9 Å². The molecular weight excluding hydrogens is 242 g/mol. The van der Waals surface area contributed by atoms with Crippen LogP contribution in [0.2, 0.25) is 0 Å². The van der Waals surface area contributed by atoms with Gasteiger partial charge in [-0.3, -0.25) is 9.82 Å². The maximum atomic E-state index is 11.9. The summed E-state index contributed by atoms with van der Waals surface area (Å²) in [5, 5.41) is 15.1. The van der Waals surface area contributed by atoms with Crippen molar-refractivity contribution in [2.75, 3.05) is 4.72 Å². The van der Waals surface area contributed by atoms with E-state index in [4.69, 9.17) is 5.11 Å². The number of aromatic amines is 1. The SMILES string of the molecule is O=S(=O)(Nc1ccccc1CO)c1cn[nH]c1. The second kappa shape index (κ2) is 4.56. The zero-order valence-corrected chi connectivity index (χ0v) is 9.61. The minimum absolute atomic E-state index is 0.0465. The van der Waals surface area contributed by atoms with Gasteiger partial charge in [0.1, 0.15) is 4.90 Å². The molecule has 3 N–H and O–H groups in total. The van der Waals surface area contributed by atoms with Gasteiger partial charge in [0.25, 0.3) is 10.0 Å². The summed E-state index contributed by atoms with van der Waals surface area (Å²) in [7, 11) is -3.66. The number of benzene rings is 1. The summed E-state index contributed by atoms with van der Waals surface area (Å²) in [6.45, 7) is -0.232. The van der Waals surface area contributed by atoms with Crippen LogP contribution in [0.4, 0.5) is 5.69 Å². The Kier molecular flexibility index (Phi) is 3.12. The third-order valence-corrected chi connectivity index (χ3v) is 3.55. The van der Waals surface area contributed by atoms with Gasteiger partial charge in [-0.2, -0.15) is 5.10 Å². The minimum Gasteiger partial charge on any atom is -0.392 e. The average molecular weight is 253 g/mol. The lowest BCUT2D eigenvalue weighted by atomic mass is 10.2. The Labute approximate surface area is 98.4 Å². The van der Waals surface area contributed by atoms with Crippen LogP contribution in [-0.4, -0.2) is 23.7 Å². The number of anilines is 1. The fraction of sp³-hybridized carbons (Fsp3) is 0.100. The van der Waals surface area contributed by atoms with Gasteiger partial charge in [-0.25, -0.2) is 8.42 Å². The third kappa shape index (κ3) is 2.45. The van der Waals surface area contributed by atoms with Gasteiger partial charge < -0.3 is 5.11 Å². The highest BCUT2D eigenvalue weighted by Crippen LogP contribution is 2.19. The molecule has 90 valence electrons. The Hall–Kier alpha value is -1.86. The number of H-pyrrole nitrogens is 1. The Morgan fingerprint density at radius 1 is 1.35 bits per heavy atom. The highest BCUT2D eigenvalue weighted by Gasteiger charge is 2.16. The summed E-state index contributed by atoms with van der Waals surface area (Å²) in [4.78, 5) is 0.0465. The van der Waals surface area contributed by atoms with E-state index in [0.29, 0.717) is 11.3 Å². The molecule has 0 bridgehead atoms. The van der Waals surface area contributed by atoms with Crippen molar-refractivity contribution in [3.05, 3.63) is 42.2 Å². The van der Waals surface area contributed by atoms with Crippen molar-refractivity contribution < 1.29 is 13.5 Å². The highest BCUT2D eigenvalue weighted by atomic mass is 32.2. The number of aliphatic hydroxyl groups excluding tert-OH is 1. The molecule has 0 aliphatic heterocycles. The molecule has 0 radical (unpaired) electrons. The van der Waals surface area contributed by atoms with E-state index in [9.17, 15) is 8.42 Å². The van der Waals surface area contributed by atoms with Crippen LogP contribution in [0.1, 0.15) is 5.56 Å². The molecule has 1 aromatic heterocycles. The highest BCUT2D eigenvalue weighted by molar-refractivity contribution is 7.92. The van der Waals surface area contributed by atoms with Crippen LogP contribution in [0.3, 0.4) is 0 Å². The molecule has 0 aliphatic carbocycles. The molecule has 0 fully saturated rings. The van der Waals surface area contributed by atoms with Gasteiger partial charge >= 0.3 is 0 Å². The van der Waals surface area contributed by atoms with Crippen molar-refractivity contribution in [3.63, 3.8) is 0 Å². The molecule has 0 atom stereocenters. The van der Waals surface area contributed by atoms with Crippen LogP contribution >= 0.6 is 0 Å². The standard InChI is InChI=1S/C10H11N3O3S/c14-7-8-3-1-2-4-10(8)13-17(15,16)9-5-11-12-6-9/h1-6,13-14H,7H2,(H,11,12). The van der Waals surface area contributed by atoms with Crippen molar-refractivity contribution in [2.45, 2.75) is 11.5 Å². The van der Waals surface area contributed by atoms with Crippen LogP contribution in [-0.2, 0) is 16.6 Å². The van der Waals surface area contributed by atoms with E-state index >= 15 is 0 Å². The topological polar surface area (TPSA) is 95.1 Å². The van der Waals surface area contributed by atoms with E-state index in [1.165, 1.54) is 12.4 Å². The molecule has 1 aromatic carbocycles. The van der Waals surface area contributed by atoms with E-state index in [1.807, 2.05) is 0 Å². The molecule has 7 heteroatoms. The number of hydrogen-bond donors (Lipinski definition) is 3. The Morgan fingerprint density at radius 3 is 2.76 bits per heavy atom. The van der Waals surface area contributed by atoms with Crippen molar-refractivity contribution in [1.82, 2.24) is 10.2 Å². The molecule has 0 amide bonds. The van der Waals surface area contributed by atoms with Gasteiger partial charge in [0, 0.05) is 11.8 Å². The second-order valence-corrected chi connectivity index (χ2v) is 5.04. The summed E-state index contributed by atoms with van der Waals surface area (Å²) >= 11 is 0. The Bertz CT molecular complexity index is 593. The molecule has 0 saturated heterocycles. The first-order valence-corrected chi connectivity index (χ1v) is 6.32. The summed E-state index contributed by atoms with van der Waals surface area (Å²) in [6, 6.07) is 6.64. The van der Waals surface area contributed by atoms with Crippen LogP contribution < -0.4 is 4.72 Å². The van der Waals surface area contributed by atoms with Gasteiger partial charge in [0.2, 0.25) is 0 Å². The summed E-state index contributed by atoms with van der Waals surface area (Å²) in [5.41, 5.74) is 0.871. The first kappa shape index (κ1) is 11.6. The third-order valence-electron chi connectivity index (χ3n) is 2.22. The predicted molar refractivity (Wildman–Crippen MR) is 61.8 cm³/mol. The number of nitrogens with one attached hydrogen (secondary N) is 2. The molecule has 6 nitrogen and oxygen atoms in total. The number of rotatable bonds is 4. The molecule has 0 aliphatic rings. The second-order valence-electron chi connectivity index (χ2n) is 3.35. The molecule has 2 aromatic rings. The molecule has 0 saturated carbocycles. The minimum atomic E-state index is -3.66. The molecule has 1 heterocycles. The molecule has 2 rings (SSSR count). The maximum Gasteiger partial charge on any atom is 0.265 e. The smallest absolute Gasteiger partial charge is 0.265 e. The first-order valence-electron chi connectivity index (χ1n) is 4.84. The Morgan fingerprint density at radius 2 is 2.12 bits per heavy atom. The zero-order chi connectivity index (χ0) is 12.3. The number of aliphatic hydroxyl groups is 1. The monoisotopic (exact) mass is 253 g/mol. The number of para-hydroxylation sites is 1. The van der Waals surface area contributed by atoms with Crippen LogP contribution in [0.5, 0.6) is 0 Å². The maximum absolute atomic E-state index is 11.9. The van der Waals surface area contributed by atoms with Crippen molar-refractivity contribution in [3.8, 4) is 0 Å². The molecular formula is C10H11N3O3S. The molecule has 0 spiro atoms. The fourth-order valence-corrected chi connectivity index (χ4v) is 2.35. The first-order chi connectivity index (χ1) is 8.13. The largest absolute Gasteiger partial charge is 0.392 e. The lowest BCUT2D eigenvalue weighted by molar-refractivity contribution is 0.282. The lowest BCUT2D eigenvalue weighted by Gasteiger charge is -2.09. The number of hydrogen-bond acceptors (Lipinski definition) is 4. The van der Waals surface area contributed by atoms with Crippen molar-refractivity contribution in [2.24, 2.45) is 0 Å². The molecule has 0 unspecified atom stereocenters. The summed E-state index contributed by atoms with van der Waals surface area (Å²) < 4.78 is 26.1. The average Bonchev–Trinajstić information content (AvgIpc) is 2.83. The van der Waals surface area contributed by atoms with E-state index in [1.54, 1.807) is 24.3 Å². The van der Waals surface area contributed by atoms with Gasteiger partial charge in [-0.05, 0) is 6.07 Å². The predicted octanol–water partition coefficient (Wildman–Crippen LogP) is 0.703. The number of nitrogens with zero attached hydrogens (tertiary/aromatic N) is 1.